The summed E-state index contributed by atoms with van der Waals surface area (Å²) in [4.78, 5) is 26.2. The van der Waals surface area contributed by atoms with E-state index in [0.29, 0.717) is 11.7 Å². The van der Waals surface area contributed by atoms with Gasteiger partial charge >= 0.3 is 0 Å². The third-order valence-electron chi connectivity index (χ3n) is 3.95. The maximum absolute atomic E-state index is 12.3. The Hall–Kier alpha value is -2.28. The predicted molar refractivity (Wildman–Crippen MR) is 84.9 cm³/mol. The second-order valence-corrected chi connectivity index (χ2v) is 6.19. The highest BCUT2D eigenvalue weighted by molar-refractivity contribution is 7.13. The van der Waals surface area contributed by atoms with Crippen LogP contribution in [0.3, 0.4) is 0 Å². The van der Waals surface area contributed by atoms with Crippen molar-refractivity contribution in [1.29, 1.82) is 0 Å². The Morgan fingerprint density at radius 1 is 1.41 bits per heavy atom. The van der Waals surface area contributed by atoms with Gasteiger partial charge in [-0.3, -0.25) is 9.59 Å². The first-order valence-corrected chi connectivity index (χ1v) is 7.88. The van der Waals surface area contributed by atoms with Crippen LogP contribution in [-0.2, 0) is 9.59 Å². The maximum Gasteiger partial charge on any atom is 0.231 e. The van der Waals surface area contributed by atoms with Gasteiger partial charge in [0.05, 0.1) is 5.92 Å². The number of aromatic nitrogens is 2. The van der Waals surface area contributed by atoms with Crippen molar-refractivity contribution in [1.82, 2.24) is 10.2 Å². The van der Waals surface area contributed by atoms with E-state index in [2.05, 4.69) is 15.5 Å². The average Bonchev–Trinajstić information content (AvgIpc) is 3.12. The molecule has 2 aromatic rings. The number of aryl methyl sites for hydroxylation is 1. The molecule has 0 unspecified atom stereocenters. The van der Waals surface area contributed by atoms with E-state index in [1.807, 2.05) is 32.0 Å². The normalized spacial score (nSPS) is 17.8. The standard InChI is InChI=1S/C15H16N4O2S/c1-9-4-3-5-12(10(9)2)19-7-11(6-13(19)20)14(21)17-15-18-16-8-22-15/h3-5,8,11H,6-7H2,1-2H3,(H,17,18,21)/t11-/m0/s1. The number of benzene rings is 1. The number of amides is 2. The minimum Gasteiger partial charge on any atom is -0.311 e. The van der Waals surface area contributed by atoms with Gasteiger partial charge in [0.2, 0.25) is 16.9 Å². The van der Waals surface area contributed by atoms with Gasteiger partial charge in [-0.2, -0.15) is 0 Å². The highest BCUT2D eigenvalue weighted by Crippen LogP contribution is 2.29. The number of rotatable bonds is 3. The Morgan fingerprint density at radius 2 is 2.23 bits per heavy atom. The van der Waals surface area contributed by atoms with E-state index < -0.39 is 0 Å². The highest BCUT2D eigenvalue weighted by atomic mass is 32.1. The van der Waals surface area contributed by atoms with Gasteiger partial charge in [-0.25, -0.2) is 0 Å². The quantitative estimate of drug-likeness (QED) is 0.941. The Balaban J connectivity index is 1.75. The average molecular weight is 316 g/mol. The van der Waals surface area contributed by atoms with Crippen LogP contribution in [0.4, 0.5) is 10.8 Å². The molecule has 1 saturated heterocycles. The van der Waals surface area contributed by atoms with E-state index in [1.54, 1.807) is 10.4 Å². The van der Waals surface area contributed by atoms with Crippen molar-refractivity contribution in [2.75, 3.05) is 16.8 Å². The third-order valence-corrected chi connectivity index (χ3v) is 4.56. The van der Waals surface area contributed by atoms with E-state index in [0.717, 1.165) is 16.8 Å². The fraction of sp³-hybridized carbons (Fsp3) is 0.333. The van der Waals surface area contributed by atoms with Crippen LogP contribution in [0.15, 0.2) is 23.7 Å². The SMILES string of the molecule is Cc1cccc(N2C[C@@H](C(=O)Nc3nncs3)CC2=O)c1C. The zero-order valence-corrected chi connectivity index (χ0v) is 13.2. The van der Waals surface area contributed by atoms with Gasteiger partial charge in [0.15, 0.2) is 0 Å². The third kappa shape index (κ3) is 2.71. The van der Waals surface area contributed by atoms with Gasteiger partial charge in [0.25, 0.3) is 0 Å². The number of anilines is 2. The van der Waals surface area contributed by atoms with Crippen LogP contribution in [0.2, 0.25) is 0 Å². The first-order valence-electron chi connectivity index (χ1n) is 7.00. The summed E-state index contributed by atoms with van der Waals surface area (Å²) in [6.07, 6.45) is 0.220. The molecule has 1 aromatic heterocycles. The summed E-state index contributed by atoms with van der Waals surface area (Å²) in [5.74, 6) is -0.569. The monoisotopic (exact) mass is 316 g/mol. The molecule has 1 N–H and O–H groups in total. The second kappa shape index (κ2) is 5.84. The Bertz CT molecular complexity index is 714. The summed E-state index contributed by atoms with van der Waals surface area (Å²) < 4.78 is 0. The van der Waals surface area contributed by atoms with Crippen molar-refractivity contribution < 1.29 is 9.59 Å². The molecule has 0 bridgehead atoms. The molecule has 1 aromatic carbocycles. The van der Waals surface area contributed by atoms with Crippen molar-refractivity contribution in [2.24, 2.45) is 5.92 Å². The van der Waals surface area contributed by atoms with Crippen molar-refractivity contribution in [2.45, 2.75) is 20.3 Å². The lowest BCUT2D eigenvalue weighted by Crippen LogP contribution is -2.28. The number of hydrogen-bond donors (Lipinski definition) is 1. The second-order valence-electron chi connectivity index (χ2n) is 5.36. The molecule has 7 heteroatoms. The molecule has 3 rings (SSSR count). The molecule has 1 fully saturated rings. The molecule has 114 valence electrons. The fourth-order valence-electron chi connectivity index (χ4n) is 2.58. The molecule has 22 heavy (non-hydrogen) atoms. The lowest BCUT2D eigenvalue weighted by molar-refractivity contribution is -0.122. The fourth-order valence-corrected chi connectivity index (χ4v) is 3.03. The minimum absolute atomic E-state index is 0.0221. The van der Waals surface area contributed by atoms with Gasteiger partial charge in [0.1, 0.15) is 5.51 Å². The molecule has 0 radical (unpaired) electrons. The molecule has 0 saturated carbocycles. The van der Waals surface area contributed by atoms with E-state index in [-0.39, 0.29) is 24.2 Å². The maximum atomic E-state index is 12.3. The van der Waals surface area contributed by atoms with Crippen LogP contribution in [0.1, 0.15) is 17.5 Å². The van der Waals surface area contributed by atoms with Crippen LogP contribution in [-0.4, -0.2) is 28.6 Å². The van der Waals surface area contributed by atoms with E-state index in [4.69, 9.17) is 0 Å². The van der Waals surface area contributed by atoms with E-state index >= 15 is 0 Å². The van der Waals surface area contributed by atoms with Crippen molar-refractivity contribution in [3.05, 3.63) is 34.8 Å². The van der Waals surface area contributed by atoms with Crippen molar-refractivity contribution in [3.63, 3.8) is 0 Å². The van der Waals surface area contributed by atoms with Crippen LogP contribution in [0, 0.1) is 19.8 Å². The van der Waals surface area contributed by atoms with Crippen LogP contribution in [0.25, 0.3) is 0 Å². The molecule has 0 aliphatic carbocycles. The number of hydrogen-bond acceptors (Lipinski definition) is 5. The van der Waals surface area contributed by atoms with Crippen molar-refractivity contribution in [3.8, 4) is 0 Å². The zero-order chi connectivity index (χ0) is 15.7. The summed E-state index contributed by atoms with van der Waals surface area (Å²) in [6, 6.07) is 5.86. The van der Waals surface area contributed by atoms with Gasteiger partial charge in [0, 0.05) is 18.7 Å². The van der Waals surface area contributed by atoms with Gasteiger partial charge in [-0.1, -0.05) is 23.5 Å². The zero-order valence-electron chi connectivity index (χ0n) is 12.4. The number of nitrogens with zero attached hydrogens (tertiary/aromatic N) is 3. The summed E-state index contributed by atoms with van der Waals surface area (Å²) in [7, 11) is 0. The lowest BCUT2D eigenvalue weighted by atomic mass is 10.1. The summed E-state index contributed by atoms with van der Waals surface area (Å²) in [5, 5.41) is 10.6. The number of nitrogens with one attached hydrogen (secondary N) is 1. The molecular formula is C15H16N4O2S. The molecule has 1 atom stereocenters. The topological polar surface area (TPSA) is 75.2 Å². The summed E-state index contributed by atoms with van der Waals surface area (Å²) in [6.45, 7) is 4.40. The molecular weight excluding hydrogens is 300 g/mol. The molecule has 6 nitrogen and oxygen atoms in total. The van der Waals surface area contributed by atoms with Gasteiger partial charge in [-0.15, -0.1) is 10.2 Å². The molecule has 1 aliphatic heterocycles. The number of carbonyl (C=O) groups is 2. The van der Waals surface area contributed by atoms with Crippen LogP contribution in [0.5, 0.6) is 0 Å². The molecule has 0 spiro atoms. The smallest absolute Gasteiger partial charge is 0.231 e. The van der Waals surface area contributed by atoms with Gasteiger partial charge < -0.3 is 10.2 Å². The van der Waals surface area contributed by atoms with Gasteiger partial charge in [-0.05, 0) is 31.0 Å². The largest absolute Gasteiger partial charge is 0.311 e. The number of carbonyl (C=O) groups excluding carboxylic acids is 2. The highest BCUT2D eigenvalue weighted by Gasteiger charge is 2.36. The van der Waals surface area contributed by atoms with Crippen LogP contribution < -0.4 is 10.2 Å². The Labute approximate surface area is 132 Å². The molecule has 1 aliphatic rings. The molecule has 2 heterocycles. The first-order chi connectivity index (χ1) is 10.6. The lowest BCUT2D eigenvalue weighted by Gasteiger charge is -2.20. The van der Waals surface area contributed by atoms with E-state index in [1.165, 1.54) is 11.3 Å². The summed E-state index contributed by atoms with van der Waals surface area (Å²) >= 11 is 1.26. The molecule has 2 amide bonds. The first kappa shape index (κ1) is 14.6. The van der Waals surface area contributed by atoms with E-state index in [9.17, 15) is 9.59 Å². The Kier molecular flexibility index (Phi) is 3.89. The minimum atomic E-state index is -0.365. The van der Waals surface area contributed by atoms with Crippen molar-refractivity contribution >= 4 is 34.0 Å². The predicted octanol–water partition coefficient (Wildman–Crippen LogP) is 2.15. The van der Waals surface area contributed by atoms with Crippen LogP contribution >= 0.6 is 11.3 Å². The Morgan fingerprint density at radius 3 is 2.95 bits per heavy atom. The summed E-state index contributed by atoms with van der Waals surface area (Å²) in [5.41, 5.74) is 4.64.